The van der Waals surface area contributed by atoms with Crippen LogP contribution in [0.4, 0.5) is 0 Å². The minimum atomic E-state index is -1.89. The van der Waals surface area contributed by atoms with E-state index in [0.717, 1.165) is 0 Å². The lowest BCUT2D eigenvalue weighted by molar-refractivity contribution is -0.558. The maximum atomic E-state index is 10.8. The van der Waals surface area contributed by atoms with Gasteiger partial charge in [0.2, 0.25) is 0 Å². The van der Waals surface area contributed by atoms with Crippen LogP contribution in [0.25, 0.3) is 0 Å². The van der Waals surface area contributed by atoms with Gasteiger partial charge in [-0.15, -0.1) is 0 Å². The van der Waals surface area contributed by atoms with E-state index in [4.69, 9.17) is 9.16 Å². The highest BCUT2D eigenvalue weighted by atomic mass is 28.4. The molecular weight excluding hydrogens is 238 g/mol. The highest BCUT2D eigenvalue weighted by Gasteiger charge is 2.68. The van der Waals surface area contributed by atoms with Crippen LogP contribution >= 0.6 is 0 Å². The van der Waals surface area contributed by atoms with Gasteiger partial charge < -0.3 is 4.43 Å². The summed E-state index contributed by atoms with van der Waals surface area (Å²) in [6.07, 6.45) is -0.655. The Labute approximate surface area is 104 Å². The van der Waals surface area contributed by atoms with Crippen LogP contribution in [0.5, 0.6) is 0 Å². The lowest BCUT2D eigenvalue weighted by Gasteiger charge is -2.38. The van der Waals surface area contributed by atoms with Crippen LogP contribution in [-0.2, 0) is 9.16 Å². The second kappa shape index (κ2) is 4.03. The fraction of sp³-hybridized carbons (Fsp3) is 1.00. The molecule has 1 rings (SSSR count). The fourth-order valence-electron chi connectivity index (χ4n) is 1.60. The minimum Gasteiger partial charge on any atom is -0.411 e. The van der Waals surface area contributed by atoms with Gasteiger partial charge in [0.25, 0.3) is 0 Å². The molecule has 1 aliphatic rings. The molecule has 0 radical (unpaired) electrons. The number of epoxide rings is 1. The van der Waals surface area contributed by atoms with E-state index in [0.29, 0.717) is 0 Å². The molecule has 0 aromatic heterocycles. The van der Waals surface area contributed by atoms with Gasteiger partial charge in [-0.1, -0.05) is 20.8 Å². The van der Waals surface area contributed by atoms with Crippen molar-refractivity contribution in [2.24, 2.45) is 0 Å². The Morgan fingerprint density at radius 2 is 1.94 bits per heavy atom. The average molecular weight is 261 g/mol. The summed E-state index contributed by atoms with van der Waals surface area (Å²) < 4.78 is 11.3. The summed E-state index contributed by atoms with van der Waals surface area (Å²) in [5.41, 5.74) is -1.25. The first-order valence-electron chi connectivity index (χ1n) is 5.92. The van der Waals surface area contributed by atoms with Gasteiger partial charge in [0.1, 0.15) is 0 Å². The van der Waals surface area contributed by atoms with Gasteiger partial charge in [-0.25, -0.2) is 0 Å². The van der Waals surface area contributed by atoms with Crippen molar-refractivity contribution in [3.63, 3.8) is 0 Å². The first-order chi connectivity index (χ1) is 7.42. The third kappa shape index (κ3) is 2.69. The zero-order valence-corrected chi connectivity index (χ0v) is 12.7. The SMILES string of the molecule is C[C@H](O[Si](C)(C)C(C)(C)C)[C@@H]1O[C@@]1(C)[N+](=O)[O-]. The molecule has 5 nitrogen and oxygen atoms in total. The lowest BCUT2D eigenvalue weighted by atomic mass is 10.2. The second-order valence-electron chi connectivity index (χ2n) is 6.43. The number of nitro groups is 1. The first kappa shape index (κ1) is 14.6. The Morgan fingerprint density at radius 1 is 1.47 bits per heavy atom. The van der Waals surface area contributed by atoms with Gasteiger partial charge >= 0.3 is 5.72 Å². The van der Waals surface area contributed by atoms with Crippen LogP contribution in [0.3, 0.4) is 0 Å². The Bertz CT molecular complexity index is 326. The van der Waals surface area contributed by atoms with Crippen LogP contribution in [-0.4, -0.2) is 31.2 Å². The molecule has 0 spiro atoms. The Kier molecular flexibility index (Phi) is 3.46. The van der Waals surface area contributed by atoms with Gasteiger partial charge in [-0.05, 0) is 25.1 Å². The molecule has 1 fully saturated rings. The molecule has 6 heteroatoms. The summed E-state index contributed by atoms with van der Waals surface area (Å²) >= 11 is 0. The van der Waals surface area contributed by atoms with Crippen molar-refractivity contribution in [1.29, 1.82) is 0 Å². The fourth-order valence-corrected chi connectivity index (χ4v) is 3.01. The molecule has 0 unspecified atom stereocenters. The summed E-state index contributed by atoms with van der Waals surface area (Å²) in [6, 6.07) is 0. The maximum absolute atomic E-state index is 10.8. The number of rotatable bonds is 4. The molecule has 0 saturated carbocycles. The van der Waals surface area contributed by atoms with E-state index in [9.17, 15) is 10.1 Å². The second-order valence-corrected chi connectivity index (χ2v) is 11.2. The molecule has 0 aliphatic carbocycles. The van der Waals surface area contributed by atoms with Gasteiger partial charge in [0.05, 0.1) is 11.0 Å². The Hall–Kier alpha value is -0.463. The zero-order chi connectivity index (χ0) is 13.6. The van der Waals surface area contributed by atoms with Crippen molar-refractivity contribution >= 4 is 8.32 Å². The van der Waals surface area contributed by atoms with E-state index >= 15 is 0 Å². The third-order valence-corrected chi connectivity index (χ3v) is 8.49. The van der Waals surface area contributed by atoms with Crippen LogP contribution in [0.15, 0.2) is 0 Å². The quantitative estimate of drug-likeness (QED) is 0.338. The molecular formula is C11H23NO4Si. The monoisotopic (exact) mass is 261 g/mol. The van der Waals surface area contributed by atoms with Crippen LogP contribution in [0, 0.1) is 10.1 Å². The predicted octanol–water partition coefficient (Wildman–Crippen LogP) is 2.79. The molecule has 100 valence electrons. The van der Waals surface area contributed by atoms with E-state index in [1.165, 1.54) is 6.92 Å². The van der Waals surface area contributed by atoms with Gasteiger partial charge in [-0.2, -0.15) is 0 Å². The smallest absolute Gasteiger partial charge is 0.351 e. The van der Waals surface area contributed by atoms with Crippen molar-refractivity contribution in [2.45, 2.75) is 70.7 Å². The summed E-state index contributed by atoms with van der Waals surface area (Å²) in [5.74, 6) is 0. The van der Waals surface area contributed by atoms with Crippen molar-refractivity contribution in [1.82, 2.24) is 0 Å². The Balaban J connectivity index is 2.64. The predicted molar refractivity (Wildman–Crippen MR) is 68.0 cm³/mol. The van der Waals surface area contributed by atoms with E-state index < -0.39 is 20.1 Å². The van der Waals surface area contributed by atoms with E-state index in [1.807, 2.05) is 6.92 Å². The highest BCUT2D eigenvalue weighted by Crippen LogP contribution is 2.43. The van der Waals surface area contributed by atoms with Crippen molar-refractivity contribution in [2.75, 3.05) is 0 Å². The molecule has 1 aliphatic heterocycles. The maximum Gasteiger partial charge on any atom is 0.351 e. The molecule has 0 bridgehead atoms. The molecule has 0 amide bonds. The number of hydrogen-bond donors (Lipinski definition) is 0. The molecule has 1 heterocycles. The zero-order valence-electron chi connectivity index (χ0n) is 11.7. The van der Waals surface area contributed by atoms with Crippen LogP contribution in [0.1, 0.15) is 34.6 Å². The average Bonchev–Trinajstić information content (AvgIpc) is 2.76. The topological polar surface area (TPSA) is 64.9 Å². The normalized spacial score (nSPS) is 31.1. The summed E-state index contributed by atoms with van der Waals surface area (Å²) in [5, 5.41) is 10.9. The van der Waals surface area contributed by atoms with Gasteiger partial charge in [0, 0.05) is 6.92 Å². The highest BCUT2D eigenvalue weighted by molar-refractivity contribution is 6.74. The minimum absolute atomic E-state index is 0.0984. The first-order valence-corrected chi connectivity index (χ1v) is 8.83. The third-order valence-electron chi connectivity index (χ3n) is 3.91. The van der Waals surface area contributed by atoms with Crippen molar-refractivity contribution in [3.8, 4) is 0 Å². The molecule has 0 N–H and O–H groups in total. The number of nitrogens with zero attached hydrogens (tertiary/aromatic N) is 1. The summed E-state index contributed by atoms with van der Waals surface area (Å²) in [7, 11) is -1.89. The molecule has 3 atom stereocenters. The molecule has 0 aromatic carbocycles. The van der Waals surface area contributed by atoms with Crippen LogP contribution < -0.4 is 0 Å². The van der Waals surface area contributed by atoms with Gasteiger partial charge in [0.15, 0.2) is 14.4 Å². The van der Waals surface area contributed by atoms with E-state index in [-0.39, 0.29) is 16.1 Å². The summed E-state index contributed by atoms with van der Waals surface area (Å²) in [6.45, 7) is 14.1. The summed E-state index contributed by atoms with van der Waals surface area (Å²) in [4.78, 5) is 10.4. The number of hydrogen-bond acceptors (Lipinski definition) is 4. The van der Waals surface area contributed by atoms with Gasteiger partial charge in [-0.3, -0.25) is 14.9 Å². The standard InChI is InChI=1S/C11H23NO4Si/c1-8(9-11(5,15-9)12(13)14)16-17(6,7)10(2,3)4/h8-9H,1-7H3/t8-,9-,11+/m0/s1. The van der Waals surface area contributed by atoms with E-state index in [2.05, 4.69) is 33.9 Å². The van der Waals surface area contributed by atoms with E-state index in [1.54, 1.807) is 0 Å². The Morgan fingerprint density at radius 3 is 2.24 bits per heavy atom. The van der Waals surface area contributed by atoms with Crippen LogP contribution in [0.2, 0.25) is 18.1 Å². The molecule has 1 saturated heterocycles. The lowest BCUT2D eigenvalue weighted by Crippen LogP contribution is -2.45. The molecule has 0 aromatic rings. The number of ether oxygens (including phenoxy) is 1. The largest absolute Gasteiger partial charge is 0.411 e. The van der Waals surface area contributed by atoms with Crippen molar-refractivity contribution in [3.05, 3.63) is 10.1 Å². The molecule has 17 heavy (non-hydrogen) atoms. The van der Waals surface area contributed by atoms with Crippen molar-refractivity contribution < 1.29 is 14.1 Å².